The number of hydrogen-bond acceptors (Lipinski definition) is 6. The Labute approximate surface area is 201 Å². The number of para-hydroxylation sites is 1. The van der Waals surface area contributed by atoms with Gasteiger partial charge in [0.1, 0.15) is 0 Å². The highest BCUT2D eigenvalue weighted by molar-refractivity contribution is 7.91. The second kappa shape index (κ2) is 9.99. The van der Waals surface area contributed by atoms with Crippen molar-refractivity contribution in [3.8, 4) is 0 Å². The average molecular weight is 500 g/mol. The van der Waals surface area contributed by atoms with Crippen LogP contribution in [0.25, 0.3) is 10.2 Å². The monoisotopic (exact) mass is 499 g/mol. The molecule has 1 amide bonds. The van der Waals surface area contributed by atoms with Gasteiger partial charge in [0.05, 0.1) is 33.1 Å². The third-order valence-electron chi connectivity index (χ3n) is 5.16. The van der Waals surface area contributed by atoms with E-state index in [4.69, 9.17) is 16.6 Å². The van der Waals surface area contributed by atoms with Crippen LogP contribution in [0.3, 0.4) is 0 Å². The van der Waals surface area contributed by atoms with Gasteiger partial charge in [0.2, 0.25) is 5.91 Å². The van der Waals surface area contributed by atoms with E-state index in [-0.39, 0.29) is 35.9 Å². The van der Waals surface area contributed by atoms with Crippen LogP contribution in [0.2, 0.25) is 5.02 Å². The van der Waals surface area contributed by atoms with Gasteiger partial charge in [-0.05, 0) is 61.4 Å². The van der Waals surface area contributed by atoms with Gasteiger partial charge < -0.3 is 0 Å². The molecule has 0 saturated carbocycles. The minimum Gasteiger partial charge on any atom is -0.282 e. The van der Waals surface area contributed by atoms with Crippen LogP contribution < -0.4 is 4.90 Å². The van der Waals surface area contributed by atoms with Gasteiger partial charge in [-0.3, -0.25) is 14.7 Å². The van der Waals surface area contributed by atoms with Crippen molar-refractivity contribution < 1.29 is 13.2 Å². The zero-order chi connectivity index (χ0) is 23.4. The van der Waals surface area contributed by atoms with E-state index in [0.717, 1.165) is 21.5 Å². The molecule has 0 saturated heterocycles. The number of rotatable bonds is 8. The first kappa shape index (κ1) is 23.4. The van der Waals surface area contributed by atoms with Crippen molar-refractivity contribution >= 4 is 54.0 Å². The van der Waals surface area contributed by atoms with Gasteiger partial charge in [0, 0.05) is 17.6 Å². The van der Waals surface area contributed by atoms with Crippen LogP contribution in [-0.2, 0) is 21.2 Å². The maximum atomic E-state index is 13.2. The number of anilines is 1. The summed E-state index contributed by atoms with van der Waals surface area (Å²) < 4.78 is 26.2. The van der Waals surface area contributed by atoms with E-state index in [1.54, 1.807) is 23.2 Å². The van der Waals surface area contributed by atoms with Gasteiger partial charge >= 0.3 is 0 Å². The summed E-state index contributed by atoms with van der Waals surface area (Å²) in [5.74, 6) is -0.319. The molecule has 0 N–H and O–H groups in total. The molecule has 2 heterocycles. The summed E-state index contributed by atoms with van der Waals surface area (Å²) in [6, 6.07) is 17.5. The highest BCUT2D eigenvalue weighted by Crippen LogP contribution is 2.32. The van der Waals surface area contributed by atoms with E-state index in [1.165, 1.54) is 23.5 Å². The first-order valence-electron chi connectivity index (χ1n) is 10.4. The number of carbonyl (C=O) groups excluding carboxylic acids is 1. The molecule has 0 spiro atoms. The van der Waals surface area contributed by atoms with Crippen molar-refractivity contribution in [1.29, 1.82) is 0 Å². The zero-order valence-corrected chi connectivity index (χ0v) is 20.3. The van der Waals surface area contributed by atoms with E-state index in [2.05, 4.69) is 4.98 Å². The fourth-order valence-electron chi connectivity index (χ4n) is 3.41. The predicted molar refractivity (Wildman–Crippen MR) is 133 cm³/mol. The number of carbonyl (C=O) groups is 1. The third-order valence-corrected chi connectivity index (χ3v) is 8.28. The van der Waals surface area contributed by atoms with Gasteiger partial charge in [-0.2, -0.15) is 0 Å². The van der Waals surface area contributed by atoms with Crippen molar-refractivity contribution in [3.63, 3.8) is 0 Å². The summed E-state index contributed by atoms with van der Waals surface area (Å²) in [5, 5.41) is 1.05. The summed E-state index contributed by atoms with van der Waals surface area (Å²) >= 11 is 7.29. The summed E-state index contributed by atoms with van der Waals surface area (Å²) in [5.41, 5.74) is 2.63. The normalized spacial score (nSPS) is 11.6. The number of hydrogen-bond donors (Lipinski definition) is 0. The maximum absolute atomic E-state index is 13.2. The molecule has 33 heavy (non-hydrogen) atoms. The van der Waals surface area contributed by atoms with Crippen LogP contribution in [0.1, 0.15) is 24.1 Å². The molecular formula is C24H22ClN3O3S2. The Balaban J connectivity index is 1.53. The largest absolute Gasteiger partial charge is 0.282 e. The van der Waals surface area contributed by atoms with Crippen LogP contribution in [0.15, 0.2) is 71.8 Å². The molecule has 0 unspecified atom stereocenters. The molecule has 0 aliphatic heterocycles. The smallest absolute Gasteiger partial charge is 0.229 e. The standard InChI is InChI=1S/C24H22ClN3O3S2/c1-17-6-4-8-21-23(17)27-24(32-21)28(16-19-7-2-3-14-26-19)22(29)9-5-15-33(30,31)20-12-10-18(25)11-13-20/h2-4,6-8,10-14H,5,9,15-16H2,1H3. The minimum atomic E-state index is -3.50. The van der Waals surface area contributed by atoms with Crippen molar-refractivity contribution in [3.05, 3.63) is 83.1 Å². The van der Waals surface area contributed by atoms with Crippen LogP contribution in [0.5, 0.6) is 0 Å². The maximum Gasteiger partial charge on any atom is 0.229 e. The highest BCUT2D eigenvalue weighted by atomic mass is 35.5. The van der Waals surface area contributed by atoms with Gasteiger partial charge in [0.15, 0.2) is 15.0 Å². The Morgan fingerprint density at radius 3 is 2.55 bits per heavy atom. The van der Waals surface area contributed by atoms with Crippen LogP contribution >= 0.6 is 22.9 Å². The van der Waals surface area contributed by atoms with Crippen LogP contribution in [0, 0.1) is 6.92 Å². The second-order valence-electron chi connectivity index (χ2n) is 7.60. The van der Waals surface area contributed by atoms with Crippen LogP contribution in [-0.4, -0.2) is 30.0 Å². The Morgan fingerprint density at radius 1 is 1.06 bits per heavy atom. The van der Waals surface area contributed by atoms with Crippen molar-refractivity contribution in [2.75, 3.05) is 10.7 Å². The summed E-state index contributed by atoms with van der Waals surface area (Å²) in [4.78, 5) is 24.1. The molecule has 2 aromatic carbocycles. The lowest BCUT2D eigenvalue weighted by Crippen LogP contribution is -2.30. The molecule has 170 valence electrons. The van der Waals surface area contributed by atoms with E-state index in [9.17, 15) is 13.2 Å². The van der Waals surface area contributed by atoms with E-state index in [1.807, 2.05) is 43.3 Å². The number of nitrogens with zero attached hydrogens (tertiary/aromatic N) is 3. The number of fused-ring (bicyclic) bond motifs is 1. The van der Waals surface area contributed by atoms with E-state index in [0.29, 0.717) is 10.2 Å². The zero-order valence-electron chi connectivity index (χ0n) is 17.9. The topological polar surface area (TPSA) is 80.2 Å². The fraction of sp³-hybridized carbons (Fsp3) is 0.208. The number of thiazole rings is 1. The first-order chi connectivity index (χ1) is 15.8. The average Bonchev–Trinajstić information content (AvgIpc) is 3.23. The van der Waals surface area contributed by atoms with Gasteiger partial charge in [-0.25, -0.2) is 13.4 Å². The quantitative estimate of drug-likeness (QED) is 0.322. The van der Waals surface area contributed by atoms with Crippen molar-refractivity contribution in [2.45, 2.75) is 31.2 Å². The third kappa shape index (κ3) is 5.58. The molecule has 4 aromatic rings. The summed E-state index contributed by atoms with van der Waals surface area (Å²) in [6.45, 7) is 2.25. The molecule has 9 heteroatoms. The molecule has 6 nitrogen and oxygen atoms in total. The lowest BCUT2D eigenvalue weighted by atomic mass is 10.2. The molecule has 0 aliphatic rings. The Morgan fingerprint density at radius 2 is 1.85 bits per heavy atom. The van der Waals surface area contributed by atoms with Gasteiger partial charge in [0.25, 0.3) is 0 Å². The van der Waals surface area contributed by atoms with Crippen molar-refractivity contribution in [1.82, 2.24) is 9.97 Å². The van der Waals surface area contributed by atoms with Crippen molar-refractivity contribution in [2.24, 2.45) is 0 Å². The predicted octanol–water partition coefficient (Wildman–Crippen LogP) is 5.44. The molecule has 0 fully saturated rings. The molecule has 0 atom stereocenters. The van der Waals surface area contributed by atoms with E-state index >= 15 is 0 Å². The number of amides is 1. The number of halogens is 1. The lowest BCUT2D eigenvalue weighted by Gasteiger charge is -2.19. The summed E-state index contributed by atoms with van der Waals surface area (Å²) in [6.07, 6.45) is 1.96. The molecule has 0 bridgehead atoms. The molecule has 2 aromatic heterocycles. The molecular weight excluding hydrogens is 478 g/mol. The van der Waals surface area contributed by atoms with Gasteiger partial charge in [-0.1, -0.05) is 41.1 Å². The molecule has 0 radical (unpaired) electrons. The number of aryl methyl sites for hydroxylation is 1. The molecule has 4 rings (SSSR count). The van der Waals surface area contributed by atoms with Crippen LogP contribution in [0.4, 0.5) is 5.13 Å². The Kier molecular flexibility index (Phi) is 7.07. The SMILES string of the molecule is Cc1cccc2sc(N(Cc3ccccn3)C(=O)CCCS(=O)(=O)c3ccc(Cl)cc3)nc12. The summed E-state index contributed by atoms with van der Waals surface area (Å²) in [7, 11) is -3.50. The second-order valence-corrected chi connectivity index (χ2v) is 11.2. The number of aromatic nitrogens is 2. The number of pyridine rings is 1. The van der Waals surface area contributed by atoms with E-state index < -0.39 is 9.84 Å². The van der Waals surface area contributed by atoms with Gasteiger partial charge in [-0.15, -0.1) is 0 Å². The Hall–Kier alpha value is -2.81. The minimum absolute atomic E-state index is 0.0779. The highest BCUT2D eigenvalue weighted by Gasteiger charge is 2.22. The fourth-order valence-corrected chi connectivity index (χ4v) is 5.91. The lowest BCUT2D eigenvalue weighted by molar-refractivity contribution is -0.118. The molecule has 0 aliphatic carbocycles. The number of sulfone groups is 1. The Bertz CT molecular complexity index is 1370. The first-order valence-corrected chi connectivity index (χ1v) is 13.2. The number of benzene rings is 2.